The Morgan fingerprint density at radius 3 is 2.15 bits per heavy atom. The molecule has 0 aliphatic carbocycles. The third-order valence-electron chi connectivity index (χ3n) is 2.30. The van der Waals surface area contributed by atoms with Crippen LogP contribution >= 0.6 is 11.6 Å². The third-order valence-corrected chi connectivity index (χ3v) is 2.47. The van der Waals surface area contributed by atoms with E-state index in [0.29, 0.717) is 5.69 Å². The summed E-state index contributed by atoms with van der Waals surface area (Å²) < 4.78 is 37.3. The van der Waals surface area contributed by atoms with E-state index in [4.69, 9.17) is 11.6 Å². The highest BCUT2D eigenvalue weighted by atomic mass is 35.5. The average Bonchev–Trinajstić information content (AvgIpc) is 2.37. The first-order valence-corrected chi connectivity index (χ1v) is 5.80. The highest BCUT2D eigenvalue weighted by Gasteiger charge is 2.29. The predicted octanol–water partition coefficient (Wildman–Crippen LogP) is 3.33. The fraction of sp³-hybridized carbons (Fsp3) is 0.182. The number of hydrogen-bond acceptors (Lipinski definition) is 5. The molecule has 0 bridgehead atoms. The standard InChI is InChI=1S/C11H9ClF3N5/c1-16-9-18-8(12)19-10(20-9)17-7-4-2-6(3-5-7)11(13,14)15/h2-5H,1H3,(H2,16,17,18,19,20). The van der Waals surface area contributed by atoms with Crippen LogP contribution in [-0.4, -0.2) is 22.0 Å². The molecule has 5 nitrogen and oxygen atoms in total. The van der Waals surface area contributed by atoms with Gasteiger partial charge in [-0.2, -0.15) is 28.1 Å². The van der Waals surface area contributed by atoms with E-state index in [1.807, 2.05) is 0 Å². The molecule has 1 aromatic heterocycles. The first kappa shape index (κ1) is 14.3. The summed E-state index contributed by atoms with van der Waals surface area (Å²) >= 11 is 5.69. The molecule has 2 aromatic rings. The van der Waals surface area contributed by atoms with E-state index in [9.17, 15) is 13.2 Å². The number of aromatic nitrogens is 3. The molecule has 0 atom stereocenters. The molecule has 0 fully saturated rings. The van der Waals surface area contributed by atoms with Gasteiger partial charge in [-0.1, -0.05) is 0 Å². The van der Waals surface area contributed by atoms with Crippen molar-refractivity contribution in [3.8, 4) is 0 Å². The second kappa shape index (κ2) is 5.49. The van der Waals surface area contributed by atoms with Crippen molar-refractivity contribution in [2.75, 3.05) is 17.7 Å². The van der Waals surface area contributed by atoms with Crippen LogP contribution in [0.1, 0.15) is 5.56 Å². The predicted molar refractivity (Wildman–Crippen MR) is 69.1 cm³/mol. The van der Waals surface area contributed by atoms with E-state index < -0.39 is 11.7 Å². The molecule has 1 aromatic carbocycles. The van der Waals surface area contributed by atoms with Crippen LogP contribution in [-0.2, 0) is 6.18 Å². The maximum Gasteiger partial charge on any atom is 0.416 e. The highest BCUT2D eigenvalue weighted by molar-refractivity contribution is 6.28. The SMILES string of the molecule is CNc1nc(Cl)nc(Nc2ccc(C(F)(F)F)cc2)n1. The average molecular weight is 304 g/mol. The smallest absolute Gasteiger partial charge is 0.357 e. The number of hydrogen-bond donors (Lipinski definition) is 2. The van der Waals surface area contributed by atoms with Crippen LogP contribution in [0.5, 0.6) is 0 Å². The third kappa shape index (κ3) is 3.47. The Morgan fingerprint density at radius 1 is 1.00 bits per heavy atom. The van der Waals surface area contributed by atoms with Gasteiger partial charge in [-0.15, -0.1) is 0 Å². The molecular weight excluding hydrogens is 295 g/mol. The number of anilines is 3. The molecule has 0 aliphatic rings. The van der Waals surface area contributed by atoms with Gasteiger partial charge in [-0.3, -0.25) is 0 Å². The van der Waals surface area contributed by atoms with Gasteiger partial charge >= 0.3 is 6.18 Å². The summed E-state index contributed by atoms with van der Waals surface area (Å²) in [5, 5.41) is 5.40. The lowest BCUT2D eigenvalue weighted by Crippen LogP contribution is -2.06. The van der Waals surface area contributed by atoms with Crippen LogP contribution in [0.15, 0.2) is 24.3 Å². The summed E-state index contributed by atoms with van der Waals surface area (Å²) in [5.41, 5.74) is -0.324. The normalized spacial score (nSPS) is 11.2. The van der Waals surface area contributed by atoms with Gasteiger partial charge in [0.15, 0.2) is 0 Å². The van der Waals surface area contributed by atoms with E-state index in [0.717, 1.165) is 12.1 Å². The molecular formula is C11H9ClF3N5. The summed E-state index contributed by atoms with van der Waals surface area (Å²) in [6.07, 6.45) is -4.37. The molecule has 0 aliphatic heterocycles. The molecule has 0 radical (unpaired) electrons. The number of benzene rings is 1. The lowest BCUT2D eigenvalue weighted by atomic mass is 10.2. The number of nitrogens with zero attached hydrogens (tertiary/aromatic N) is 3. The summed E-state index contributed by atoms with van der Waals surface area (Å²) in [7, 11) is 1.60. The first-order chi connectivity index (χ1) is 9.38. The Bertz CT molecular complexity index is 600. The maximum atomic E-state index is 12.4. The number of nitrogens with one attached hydrogen (secondary N) is 2. The number of rotatable bonds is 3. The molecule has 1 heterocycles. The zero-order valence-electron chi connectivity index (χ0n) is 10.2. The fourth-order valence-electron chi connectivity index (χ4n) is 1.39. The Kier molecular flexibility index (Phi) is 3.93. The minimum Gasteiger partial charge on any atom is -0.357 e. The Morgan fingerprint density at radius 2 is 1.60 bits per heavy atom. The van der Waals surface area contributed by atoms with Crippen molar-refractivity contribution in [2.45, 2.75) is 6.18 Å². The van der Waals surface area contributed by atoms with Crippen LogP contribution in [0.2, 0.25) is 5.28 Å². The molecule has 0 unspecified atom stereocenters. The Balaban J connectivity index is 2.20. The summed E-state index contributed by atoms with van der Waals surface area (Å²) in [4.78, 5) is 11.6. The van der Waals surface area contributed by atoms with E-state index in [-0.39, 0.29) is 17.2 Å². The molecule has 20 heavy (non-hydrogen) atoms. The number of alkyl halides is 3. The zero-order chi connectivity index (χ0) is 14.8. The molecule has 2 rings (SSSR count). The van der Waals surface area contributed by atoms with Crippen LogP contribution < -0.4 is 10.6 Å². The van der Waals surface area contributed by atoms with Gasteiger partial charge in [0.2, 0.25) is 17.2 Å². The lowest BCUT2D eigenvalue weighted by Gasteiger charge is -2.09. The molecule has 0 saturated heterocycles. The molecule has 2 N–H and O–H groups in total. The first-order valence-electron chi connectivity index (χ1n) is 5.42. The van der Waals surface area contributed by atoms with Gasteiger partial charge in [0.1, 0.15) is 0 Å². The topological polar surface area (TPSA) is 62.7 Å². The number of halogens is 4. The fourth-order valence-corrected chi connectivity index (χ4v) is 1.55. The van der Waals surface area contributed by atoms with Crippen LogP contribution in [0.25, 0.3) is 0 Å². The quantitative estimate of drug-likeness (QED) is 0.910. The monoisotopic (exact) mass is 303 g/mol. The molecule has 106 valence electrons. The minimum absolute atomic E-state index is 0.0289. The van der Waals surface area contributed by atoms with Gasteiger partial charge < -0.3 is 10.6 Å². The van der Waals surface area contributed by atoms with Gasteiger partial charge in [-0.25, -0.2) is 0 Å². The summed E-state index contributed by atoms with van der Waals surface area (Å²) in [6.45, 7) is 0. The molecule has 9 heteroatoms. The van der Waals surface area contributed by atoms with Crippen molar-refractivity contribution in [1.82, 2.24) is 15.0 Å². The van der Waals surface area contributed by atoms with Crippen molar-refractivity contribution in [3.05, 3.63) is 35.1 Å². The van der Waals surface area contributed by atoms with Gasteiger partial charge in [-0.05, 0) is 35.9 Å². The lowest BCUT2D eigenvalue weighted by molar-refractivity contribution is -0.137. The molecule has 0 amide bonds. The van der Waals surface area contributed by atoms with E-state index in [1.54, 1.807) is 7.05 Å². The van der Waals surface area contributed by atoms with E-state index in [2.05, 4.69) is 25.6 Å². The van der Waals surface area contributed by atoms with Gasteiger partial charge in [0, 0.05) is 12.7 Å². The van der Waals surface area contributed by atoms with Crippen LogP contribution in [0, 0.1) is 0 Å². The summed E-state index contributed by atoms with van der Waals surface area (Å²) in [6, 6.07) is 4.48. The second-order valence-electron chi connectivity index (χ2n) is 3.70. The van der Waals surface area contributed by atoms with E-state index in [1.165, 1.54) is 12.1 Å². The van der Waals surface area contributed by atoms with Crippen molar-refractivity contribution in [1.29, 1.82) is 0 Å². The van der Waals surface area contributed by atoms with Crippen molar-refractivity contribution >= 4 is 29.2 Å². The zero-order valence-corrected chi connectivity index (χ0v) is 10.9. The Labute approximate surface area is 117 Å². The van der Waals surface area contributed by atoms with Crippen LogP contribution in [0.4, 0.5) is 30.8 Å². The Hall–Kier alpha value is -2.09. The maximum absolute atomic E-state index is 12.4. The largest absolute Gasteiger partial charge is 0.416 e. The van der Waals surface area contributed by atoms with E-state index >= 15 is 0 Å². The minimum atomic E-state index is -4.37. The van der Waals surface area contributed by atoms with Crippen molar-refractivity contribution in [3.63, 3.8) is 0 Å². The van der Waals surface area contributed by atoms with Crippen LogP contribution in [0.3, 0.4) is 0 Å². The van der Waals surface area contributed by atoms with Gasteiger partial charge in [0.25, 0.3) is 0 Å². The van der Waals surface area contributed by atoms with Crippen molar-refractivity contribution < 1.29 is 13.2 Å². The van der Waals surface area contributed by atoms with Gasteiger partial charge in [0.05, 0.1) is 5.56 Å². The second-order valence-corrected chi connectivity index (χ2v) is 4.04. The van der Waals surface area contributed by atoms with Crippen molar-refractivity contribution in [2.24, 2.45) is 0 Å². The highest BCUT2D eigenvalue weighted by Crippen LogP contribution is 2.30. The molecule has 0 spiro atoms. The summed E-state index contributed by atoms with van der Waals surface area (Å²) in [5.74, 6) is 0.383. The molecule has 0 saturated carbocycles.